The van der Waals surface area contributed by atoms with E-state index in [1.165, 1.54) is 0 Å². The SMILES string of the molecule is CC(CO)CNC(=O)c1cc(I)c[nH]1. The molecule has 1 unspecified atom stereocenters. The van der Waals surface area contributed by atoms with Crippen LogP contribution < -0.4 is 5.32 Å². The molecule has 1 rings (SSSR count). The average molecular weight is 308 g/mol. The first-order valence-corrected chi connectivity index (χ1v) is 5.44. The van der Waals surface area contributed by atoms with Gasteiger partial charge in [-0.15, -0.1) is 0 Å². The van der Waals surface area contributed by atoms with E-state index in [1.807, 2.05) is 6.92 Å². The molecule has 1 amide bonds. The van der Waals surface area contributed by atoms with Crippen molar-refractivity contribution in [1.29, 1.82) is 0 Å². The normalized spacial score (nSPS) is 12.5. The number of hydrogen-bond acceptors (Lipinski definition) is 2. The van der Waals surface area contributed by atoms with Gasteiger partial charge in [-0.3, -0.25) is 4.79 Å². The summed E-state index contributed by atoms with van der Waals surface area (Å²) in [6, 6.07) is 1.78. The standard InChI is InChI=1S/C9H13IN2O2/c1-6(5-13)3-12-9(14)8-2-7(10)4-11-8/h2,4,6,11,13H,3,5H2,1H3,(H,12,14). The zero-order valence-electron chi connectivity index (χ0n) is 7.88. The number of aromatic nitrogens is 1. The van der Waals surface area contributed by atoms with E-state index in [1.54, 1.807) is 12.3 Å². The number of aliphatic hydroxyl groups excluding tert-OH is 1. The van der Waals surface area contributed by atoms with Gasteiger partial charge in [-0.1, -0.05) is 6.92 Å². The van der Waals surface area contributed by atoms with E-state index in [0.717, 1.165) is 3.57 Å². The summed E-state index contributed by atoms with van der Waals surface area (Å²) in [6.45, 7) is 2.45. The lowest BCUT2D eigenvalue weighted by Gasteiger charge is -2.08. The highest BCUT2D eigenvalue weighted by Gasteiger charge is 2.08. The minimum Gasteiger partial charge on any atom is -0.396 e. The summed E-state index contributed by atoms with van der Waals surface area (Å²) in [5.74, 6) is -0.0406. The predicted molar refractivity (Wildman–Crippen MR) is 62.1 cm³/mol. The lowest BCUT2D eigenvalue weighted by molar-refractivity contribution is 0.0938. The molecule has 0 aliphatic rings. The molecule has 1 aromatic rings. The smallest absolute Gasteiger partial charge is 0.267 e. The summed E-state index contributed by atoms with van der Waals surface area (Å²) in [4.78, 5) is 14.3. The maximum atomic E-state index is 11.5. The fraction of sp³-hybridized carbons (Fsp3) is 0.444. The van der Waals surface area contributed by atoms with E-state index in [9.17, 15) is 4.79 Å². The van der Waals surface area contributed by atoms with Crippen LogP contribution in [0.25, 0.3) is 0 Å². The predicted octanol–water partition coefficient (Wildman–Crippen LogP) is 0.978. The second-order valence-electron chi connectivity index (χ2n) is 3.23. The third-order valence-corrected chi connectivity index (χ3v) is 2.44. The Bertz CT molecular complexity index is 312. The van der Waals surface area contributed by atoms with Crippen molar-refractivity contribution < 1.29 is 9.90 Å². The number of amides is 1. The van der Waals surface area contributed by atoms with Gasteiger partial charge in [0.25, 0.3) is 5.91 Å². The Morgan fingerprint density at radius 1 is 1.79 bits per heavy atom. The highest BCUT2D eigenvalue weighted by molar-refractivity contribution is 14.1. The van der Waals surface area contributed by atoms with E-state index in [0.29, 0.717) is 12.2 Å². The van der Waals surface area contributed by atoms with Crippen LogP contribution in [0, 0.1) is 9.49 Å². The molecule has 0 fully saturated rings. The Morgan fingerprint density at radius 2 is 2.50 bits per heavy atom. The van der Waals surface area contributed by atoms with Gasteiger partial charge in [0, 0.05) is 22.9 Å². The largest absolute Gasteiger partial charge is 0.396 e. The topological polar surface area (TPSA) is 65.1 Å². The number of halogens is 1. The number of nitrogens with one attached hydrogen (secondary N) is 2. The molecule has 0 saturated carbocycles. The minimum atomic E-state index is -0.131. The molecule has 14 heavy (non-hydrogen) atoms. The highest BCUT2D eigenvalue weighted by Crippen LogP contribution is 2.05. The van der Waals surface area contributed by atoms with E-state index in [2.05, 4.69) is 32.9 Å². The molecule has 0 aliphatic heterocycles. The van der Waals surface area contributed by atoms with Crippen LogP contribution >= 0.6 is 22.6 Å². The van der Waals surface area contributed by atoms with Crippen molar-refractivity contribution >= 4 is 28.5 Å². The monoisotopic (exact) mass is 308 g/mol. The van der Waals surface area contributed by atoms with Gasteiger partial charge in [0.2, 0.25) is 0 Å². The van der Waals surface area contributed by atoms with Gasteiger partial charge in [-0.05, 0) is 34.6 Å². The lowest BCUT2D eigenvalue weighted by Crippen LogP contribution is -2.29. The molecule has 4 nitrogen and oxygen atoms in total. The summed E-state index contributed by atoms with van der Waals surface area (Å²) >= 11 is 2.13. The molecule has 5 heteroatoms. The molecule has 1 heterocycles. The third-order valence-electron chi connectivity index (χ3n) is 1.82. The molecule has 0 aliphatic carbocycles. The summed E-state index contributed by atoms with van der Waals surface area (Å²) in [5, 5.41) is 11.5. The Hall–Kier alpha value is -0.560. The van der Waals surface area contributed by atoms with Crippen LogP contribution in [0.5, 0.6) is 0 Å². The van der Waals surface area contributed by atoms with Gasteiger partial charge in [-0.25, -0.2) is 0 Å². The maximum absolute atomic E-state index is 11.5. The molecule has 0 spiro atoms. The van der Waals surface area contributed by atoms with Crippen molar-refractivity contribution in [1.82, 2.24) is 10.3 Å². The van der Waals surface area contributed by atoms with Gasteiger partial charge >= 0.3 is 0 Å². The van der Waals surface area contributed by atoms with E-state index < -0.39 is 0 Å². The first-order valence-electron chi connectivity index (χ1n) is 4.36. The van der Waals surface area contributed by atoms with Crippen LogP contribution in [-0.4, -0.2) is 29.1 Å². The molecular formula is C9H13IN2O2. The number of aromatic amines is 1. The van der Waals surface area contributed by atoms with Crippen molar-refractivity contribution in [2.45, 2.75) is 6.92 Å². The Balaban J connectivity index is 2.43. The lowest BCUT2D eigenvalue weighted by atomic mass is 10.2. The van der Waals surface area contributed by atoms with Crippen LogP contribution in [0.15, 0.2) is 12.3 Å². The second kappa shape index (κ2) is 5.35. The first-order chi connectivity index (χ1) is 6.63. The molecule has 3 N–H and O–H groups in total. The molecular weight excluding hydrogens is 295 g/mol. The number of hydrogen-bond donors (Lipinski definition) is 3. The number of carbonyl (C=O) groups excluding carboxylic acids is 1. The van der Waals surface area contributed by atoms with Gasteiger partial charge in [0.15, 0.2) is 0 Å². The van der Waals surface area contributed by atoms with E-state index >= 15 is 0 Å². The first kappa shape index (κ1) is 11.5. The summed E-state index contributed by atoms with van der Waals surface area (Å²) in [5.41, 5.74) is 0.555. The van der Waals surface area contributed by atoms with Crippen molar-refractivity contribution in [2.24, 2.45) is 5.92 Å². The summed E-state index contributed by atoms with van der Waals surface area (Å²) in [6.07, 6.45) is 1.77. The van der Waals surface area contributed by atoms with Gasteiger partial charge in [-0.2, -0.15) is 0 Å². The zero-order chi connectivity index (χ0) is 10.6. The van der Waals surface area contributed by atoms with Gasteiger partial charge < -0.3 is 15.4 Å². The Kier molecular flexibility index (Phi) is 4.40. The third kappa shape index (κ3) is 3.30. The van der Waals surface area contributed by atoms with Crippen LogP contribution in [0.4, 0.5) is 0 Å². The number of H-pyrrole nitrogens is 1. The van der Waals surface area contributed by atoms with E-state index in [-0.39, 0.29) is 18.4 Å². The molecule has 78 valence electrons. The average Bonchev–Trinajstić information content (AvgIpc) is 2.60. The summed E-state index contributed by atoms with van der Waals surface area (Å²) < 4.78 is 1.00. The highest BCUT2D eigenvalue weighted by atomic mass is 127. The van der Waals surface area contributed by atoms with Crippen LogP contribution in [0.3, 0.4) is 0 Å². The molecule has 1 aromatic heterocycles. The van der Waals surface area contributed by atoms with Gasteiger partial charge in [0.1, 0.15) is 5.69 Å². The van der Waals surface area contributed by atoms with E-state index in [4.69, 9.17) is 5.11 Å². The van der Waals surface area contributed by atoms with Crippen LogP contribution in [-0.2, 0) is 0 Å². The Labute approximate surface area is 96.2 Å². The molecule has 0 radical (unpaired) electrons. The summed E-state index contributed by atoms with van der Waals surface area (Å²) in [7, 11) is 0. The van der Waals surface area contributed by atoms with Crippen molar-refractivity contribution in [3.8, 4) is 0 Å². The quantitative estimate of drug-likeness (QED) is 0.726. The number of aliphatic hydroxyl groups is 1. The molecule has 1 atom stereocenters. The van der Waals surface area contributed by atoms with Crippen LogP contribution in [0.2, 0.25) is 0 Å². The number of rotatable bonds is 4. The molecule has 0 bridgehead atoms. The number of carbonyl (C=O) groups is 1. The van der Waals surface area contributed by atoms with Crippen molar-refractivity contribution in [2.75, 3.05) is 13.2 Å². The Morgan fingerprint density at radius 3 is 3.00 bits per heavy atom. The van der Waals surface area contributed by atoms with Crippen molar-refractivity contribution in [3.63, 3.8) is 0 Å². The molecule has 0 aromatic carbocycles. The fourth-order valence-electron chi connectivity index (χ4n) is 0.926. The minimum absolute atomic E-state index is 0.0859. The van der Waals surface area contributed by atoms with Crippen molar-refractivity contribution in [3.05, 3.63) is 21.5 Å². The zero-order valence-corrected chi connectivity index (χ0v) is 10.0. The fourth-order valence-corrected chi connectivity index (χ4v) is 1.39. The maximum Gasteiger partial charge on any atom is 0.267 e. The van der Waals surface area contributed by atoms with Crippen LogP contribution in [0.1, 0.15) is 17.4 Å². The molecule has 0 saturated heterocycles. The van der Waals surface area contributed by atoms with Gasteiger partial charge in [0.05, 0.1) is 0 Å². The second-order valence-corrected chi connectivity index (χ2v) is 4.47.